The molecule has 9 heteroatoms. The molecule has 0 spiro atoms. The highest BCUT2D eigenvalue weighted by molar-refractivity contribution is 14.0. The Labute approximate surface area is 177 Å². The number of nitro benzene ring substituents is 1. The minimum atomic E-state index is -0.381. The van der Waals surface area contributed by atoms with E-state index in [0.29, 0.717) is 24.2 Å². The summed E-state index contributed by atoms with van der Waals surface area (Å²) in [5, 5.41) is 20.7. The summed E-state index contributed by atoms with van der Waals surface area (Å²) in [5.41, 5.74) is 0.923. The van der Waals surface area contributed by atoms with E-state index in [1.807, 2.05) is 0 Å². The highest BCUT2D eigenvalue weighted by Crippen LogP contribution is 2.43. The summed E-state index contributed by atoms with van der Waals surface area (Å²) < 4.78 is 5.22. The first-order valence-corrected chi connectivity index (χ1v) is 9.01. The number of guanidine groups is 1. The van der Waals surface area contributed by atoms with Gasteiger partial charge in [-0.15, -0.1) is 24.0 Å². The molecule has 0 heterocycles. The second kappa shape index (κ2) is 12.0. The van der Waals surface area contributed by atoms with Crippen molar-refractivity contribution in [1.82, 2.24) is 10.6 Å². The zero-order chi connectivity index (χ0) is 18.8. The van der Waals surface area contributed by atoms with Crippen molar-refractivity contribution < 1.29 is 9.66 Å². The van der Waals surface area contributed by atoms with Gasteiger partial charge in [0.05, 0.1) is 4.92 Å². The van der Waals surface area contributed by atoms with E-state index in [9.17, 15) is 10.1 Å². The number of anilines is 1. The molecule has 0 amide bonds. The van der Waals surface area contributed by atoms with Gasteiger partial charge >= 0.3 is 0 Å². The number of ether oxygens (including phenoxy) is 1. The molecule has 2 rings (SSSR count). The van der Waals surface area contributed by atoms with Crippen molar-refractivity contribution in [2.45, 2.75) is 25.7 Å². The molecular weight excluding hydrogens is 461 g/mol. The molecule has 0 radical (unpaired) electrons. The molecule has 1 aliphatic rings. The molecular formula is C18H30IN5O3. The van der Waals surface area contributed by atoms with Crippen LogP contribution in [0.15, 0.2) is 29.3 Å². The second-order valence-corrected chi connectivity index (χ2v) is 6.65. The largest absolute Gasteiger partial charge is 0.385 e. The molecule has 1 aliphatic carbocycles. The van der Waals surface area contributed by atoms with Gasteiger partial charge in [0, 0.05) is 46.5 Å². The molecule has 3 N–H and O–H groups in total. The summed E-state index contributed by atoms with van der Waals surface area (Å²) in [4.78, 5) is 14.9. The van der Waals surface area contributed by atoms with Crippen LogP contribution in [0.4, 0.5) is 11.4 Å². The molecule has 8 nitrogen and oxygen atoms in total. The number of rotatable bonds is 10. The lowest BCUT2D eigenvalue weighted by Crippen LogP contribution is -2.47. The van der Waals surface area contributed by atoms with Crippen LogP contribution in [-0.4, -0.2) is 51.3 Å². The van der Waals surface area contributed by atoms with E-state index in [-0.39, 0.29) is 34.6 Å². The Morgan fingerprint density at radius 3 is 2.63 bits per heavy atom. The number of aliphatic imine (C=N–C) groups is 1. The Kier molecular flexibility index (Phi) is 10.4. The van der Waals surface area contributed by atoms with Gasteiger partial charge in [0.25, 0.3) is 5.69 Å². The van der Waals surface area contributed by atoms with Crippen LogP contribution >= 0.6 is 24.0 Å². The number of para-hydroxylation sites is 2. The lowest BCUT2D eigenvalue weighted by atomic mass is 9.67. The molecule has 0 unspecified atom stereocenters. The van der Waals surface area contributed by atoms with E-state index in [1.165, 1.54) is 25.3 Å². The number of nitrogens with one attached hydrogen (secondary N) is 3. The van der Waals surface area contributed by atoms with Gasteiger partial charge in [0.2, 0.25) is 0 Å². The van der Waals surface area contributed by atoms with Crippen LogP contribution in [0.5, 0.6) is 0 Å². The van der Waals surface area contributed by atoms with Crippen LogP contribution in [0.3, 0.4) is 0 Å². The molecule has 0 bridgehead atoms. The number of nitrogens with zero attached hydrogens (tertiary/aromatic N) is 2. The molecule has 27 heavy (non-hydrogen) atoms. The Bertz CT molecular complexity index is 623. The first-order valence-electron chi connectivity index (χ1n) is 9.01. The van der Waals surface area contributed by atoms with Crippen LogP contribution in [0.2, 0.25) is 0 Å². The average molecular weight is 491 g/mol. The summed E-state index contributed by atoms with van der Waals surface area (Å²) in [7, 11) is 3.48. The van der Waals surface area contributed by atoms with E-state index in [2.05, 4.69) is 20.9 Å². The predicted molar refractivity (Wildman–Crippen MR) is 119 cm³/mol. The fraction of sp³-hybridized carbons (Fsp3) is 0.611. The minimum Gasteiger partial charge on any atom is -0.385 e. The summed E-state index contributed by atoms with van der Waals surface area (Å²) >= 11 is 0. The molecule has 0 aliphatic heterocycles. The van der Waals surface area contributed by atoms with Gasteiger partial charge in [-0.05, 0) is 30.7 Å². The monoisotopic (exact) mass is 491 g/mol. The third-order valence-electron chi connectivity index (χ3n) is 4.94. The maximum atomic E-state index is 11.0. The van der Waals surface area contributed by atoms with Crippen molar-refractivity contribution in [1.29, 1.82) is 0 Å². The van der Waals surface area contributed by atoms with E-state index < -0.39 is 0 Å². The van der Waals surface area contributed by atoms with Crippen LogP contribution in [0.1, 0.15) is 25.7 Å². The maximum Gasteiger partial charge on any atom is 0.292 e. The molecule has 0 atom stereocenters. The van der Waals surface area contributed by atoms with Gasteiger partial charge in [-0.1, -0.05) is 18.6 Å². The van der Waals surface area contributed by atoms with Gasteiger partial charge in [-0.25, -0.2) is 0 Å². The van der Waals surface area contributed by atoms with Gasteiger partial charge in [-0.2, -0.15) is 0 Å². The first kappa shape index (κ1) is 23.4. The van der Waals surface area contributed by atoms with Gasteiger partial charge in [0.1, 0.15) is 5.69 Å². The summed E-state index contributed by atoms with van der Waals surface area (Å²) in [6, 6.07) is 6.64. The number of hydrogen-bond donors (Lipinski definition) is 3. The normalized spacial score (nSPS) is 15.3. The number of nitro groups is 1. The predicted octanol–water partition coefficient (Wildman–Crippen LogP) is 3.00. The first-order chi connectivity index (χ1) is 12.6. The topological polar surface area (TPSA) is 101 Å². The number of hydrogen-bond acceptors (Lipinski definition) is 5. The summed E-state index contributed by atoms with van der Waals surface area (Å²) in [6.07, 6.45) is 4.78. The molecule has 1 saturated carbocycles. The molecule has 0 aromatic heterocycles. The van der Waals surface area contributed by atoms with Crippen molar-refractivity contribution in [3.05, 3.63) is 34.4 Å². The van der Waals surface area contributed by atoms with Crippen LogP contribution in [-0.2, 0) is 4.74 Å². The van der Waals surface area contributed by atoms with Gasteiger partial charge in [-0.3, -0.25) is 15.1 Å². The number of methoxy groups -OCH3 is 1. The van der Waals surface area contributed by atoms with Crippen molar-refractivity contribution in [2.24, 2.45) is 10.4 Å². The van der Waals surface area contributed by atoms with Crippen LogP contribution in [0, 0.1) is 15.5 Å². The van der Waals surface area contributed by atoms with Crippen LogP contribution in [0.25, 0.3) is 0 Å². The summed E-state index contributed by atoms with van der Waals surface area (Å²) in [6.45, 7) is 2.83. The van der Waals surface area contributed by atoms with E-state index in [0.717, 1.165) is 25.5 Å². The van der Waals surface area contributed by atoms with Crippen molar-refractivity contribution in [3.63, 3.8) is 0 Å². The SMILES string of the molecule is CN=C(NCCNc1ccccc1[N+](=O)[O-])NCC1(CCOC)CCC1.I. The van der Waals surface area contributed by atoms with Crippen molar-refractivity contribution in [3.8, 4) is 0 Å². The lowest BCUT2D eigenvalue weighted by Gasteiger charge is -2.42. The third kappa shape index (κ3) is 7.13. The zero-order valence-corrected chi connectivity index (χ0v) is 18.3. The Balaban J connectivity index is 0.00000364. The fourth-order valence-corrected chi connectivity index (χ4v) is 3.16. The number of halogens is 1. The third-order valence-corrected chi connectivity index (χ3v) is 4.94. The Morgan fingerprint density at radius 1 is 1.30 bits per heavy atom. The Morgan fingerprint density at radius 2 is 2.04 bits per heavy atom. The maximum absolute atomic E-state index is 11.0. The smallest absolute Gasteiger partial charge is 0.292 e. The lowest BCUT2D eigenvalue weighted by molar-refractivity contribution is -0.384. The molecule has 1 aromatic carbocycles. The summed E-state index contributed by atoms with van der Waals surface area (Å²) in [5.74, 6) is 0.748. The Hall–Kier alpha value is -1.62. The van der Waals surface area contributed by atoms with Crippen molar-refractivity contribution >= 4 is 41.3 Å². The average Bonchev–Trinajstić information content (AvgIpc) is 2.62. The second-order valence-electron chi connectivity index (χ2n) is 6.65. The van der Waals surface area contributed by atoms with E-state index in [4.69, 9.17) is 4.74 Å². The van der Waals surface area contributed by atoms with Crippen molar-refractivity contribution in [2.75, 3.05) is 45.7 Å². The number of benzene rings is 1. The highest BCUT2D eigenvalue weighted by atomic mass is 127. The van der Waals surface area contributed by atoms with E-state index in [1.54, 1.807) is 32.4 Å². The van der Waals surface area contributed by atoms with E-state index >= 15 is 0 Å². The highest BCUT2D eigenvalue weighted by Gasteiger charge is 2.36. The quantitative estimate of drug-likeness (QED) is 0.116. The molecule has 1 aromatic rings. The molecule has 152 valence electrons. The zero-order valence-electron chi connectivity index (χ0n) is 16.0. The van der Waals surface area contributed by atoms with Gasteiger partial charge in [0.15, 0.2) is 5.96 Å². The van der Waals surface area contributed by atoms with Crippen LogP contribution < -0.4 is 16.0 Å². The fourth-order valence-electron chi connectivity index (χ4n) is 3.16. The molecule has 0 saturated heterocycles. The van der Waals surface area contributed by atoms with Gasteiger partial charge < -0.3 is 20.7 Å². The molecule has 1 fully saturated rings. The standard InChI is InChI=1S/C18H29N5O3.HI/c1-19-17(22-14-18(8-5-9-18)10-13-26-2)21-12-11-20-15-6-3-4-7-16(15)23(24)25;/h3-4,6-7,20H,5,8-14H2,1-2H3,(H2,19,21,22);1H. The minimum absolute atomic E-state index is 0.